The number of carbonyl (C=O) groups excluding carboxylic acids is 4. The molecule has 6 N–H and O–H groups in total. The number of nitrogens with two attached hydrogens (primary N) is 1. The Hall–Kier alpha value is -3.04. The van der Waals surface area contributed by atoms with E-state index >= 15 is 0 Å². The Bertz CT molecular complexity index is 1500. The number of methoxy groups -OCH3 is 1. The summed E-state index contributed by atoms with van der Waals surface area (Å²) < 4.78 is 17.2. The number of phenolic OH excluding ortho intramolecular Hbond substituents is 2. The zero-order valence-corrected chi connectivity index (χ0v) is 25.1. The van der Waals surface area contributed by atoms with Gasteiger partial charge in [-0.1, -0.05) is 23.9 Å². The van der Waals surface area contributed by atoms with Crippen LogP contribution in [0, 0.1) is 0 Å². The van der Waals surface area contributed by atoms with E-state index in [1.54, 1.807) is 6.92 Å². The van der Waals surface area contributed by atoms with E-state index in [4.69, 9.17) is 19.9 Å². The molecule has 14 heteroatoms. The van der Waals surface area contributed by atoms with Crippen molar-refractivity contribution in [3.63, 3.8) is 0 Å². The number of hydrogen-bond acceptors (Lipinski definition) is 13. The second-order valence-electron chi connectivity index (χ2n) is 10.8. The number of phenols is 2. The zero-order chi connectivity index (χ0) is 30.7. The lowest BCUT2D eigenvalue weighted by Gasteiger charge is -2.42. The molecule has 12 nitrogen and oxygen atoms in total. The van der Waals surface area contributed by atoms with Gasteiger partial charge in [0.1, 0.15) is 22.8 Å². The van der Waals surface area contributed by atoms with Crippen LogP contribution in [-0.4, -0.2) is 85.9 Å². The molecule has 0 saturated carbocycles. The van der Waals surface area contributed by atoms with E-state index in [0.29, 0.717) is 11.8 Å². The van der Waals surface area contributed by atoms with Crippen molar-refractivity contribution in [2.75, 3.05) is 12.9 Å². The van der Waals surface area contributed by atoms with Crippen LogP contribution in [0.1, 0.15) is 75.8 Å². The fraction of sp³-hybridized carbons (Fsp3) is 0.448. The summed E-state index contributed by atoms with van der Waals surface area (Å²) in [5, 5.41) is 44.5. The van der Waals surface area contributed by atoms with E-state index in [1.807, 2.05) is 0 Å². The fourth-order valence-electron chi connectivity index (χ4n) is 5.90. The predicted octanol–water partition coefficient (Wildman–Crippen LogP) is 1.71. The van der Waals surface area contributed by atoms with Crippen LogP contribution in [0.5, 0.6) is 17.2 Å². The Kier molecular flexibility index (Phi) is 9.29. The van der Waals surface area contributed by atoms with Crippen molar-refractivity contribution in [2.45, 2.75) is 69.4 Å². The Labute approximate surface area is 256 Å². The van der Waals surface area contributed by atoms with Gasteiger partial charge in [-0.3, -0.25) is 19.2 Å². The first kappa shape index (κ1) is 32.9. The number of thioether (sulfide) groups is 1. The van der Waals surface area contributed by atoms with Gasteiger partial charge >= 0.3 is 0 Å². The minimum Gasteiger partial charge on any atom is -0.507 e. The summed E-state index contributed by atoms with van der Waals surface area (Å²) in [6.07, 6.45) is -5.05. The molecule has 1 aliphatic heterocycles. The van der Waals surface area contributed by atoms with Gasteiger partial charge in [0, 0.05) is 48.9 Å². The van der Waals surface area contributed by atoms with Gasteiger partial charge in [-0.25, -0.2) is 0 Å². The van der Waals surface area contributed by atoms with Gasteiger partial charge in [0.25, 0.3) is 0 Å². The first-order valence-corrected chi connectivity index (χ1v) is 14.3. The second-order valence-corrected chi connectivity index (χ2v) is 11.9. The average molecular weight is 638 g/mol. The second kappa shape index (κ2) is 12.2. The zero-order valence-electron chi connectivity index (χ0n) is 23.5. The smallest absolute Gasteiger partial charge is 0.202 e. The summed E-state index contributed by atoms with van der Waals surface area (Å²) in [4.78, 5) is 52.1. The quantitative estimate of drug-likeness (QED) is 0.245. The minimum absolute atomic E-state index is 0. The van der Waals surface area contributed by atoms with Crippen molar-refractivity contribution in [1.82, 2.24) is 0 Å². The van der Waals surface area contributed by atoms with Crippen LogP contribution in [-0.2, 0) is 25.5 Å². The van der Waals surface area contributed by atoms with Crippen molar-refractivity contribution in [3.05, 3.63) is 51.6 Å². The topological polar surface area (TPSA) is 203 Å². The number of ether oxygens (including phenoxy) is 3. The molecule has 2 aromatic carbocycles. The first-order valence-electron chi connectivity index (χ1n) is 13.3. The maximum Gasteiger partial charge on any atom is 0.202 e. The molecule has 5 rings (SSSR count). The van der Waals surface area contributed by atoms with Gasteiger partial charge in [0.05, 0.1) is 47.9 Å². The van der Waals surface area contributed by atoms with Gasteiger partial charge in [0.2, 0.25) is 5.78 Å². The molecule has 6 unspecified atom stereocenters. The van der Waals surface area contributed by atoms with Gasteiger partial charge in [-0.15, -0.1) is 12.4 Å². The number of aliphatic hydroxyl groups excluding tert-OH is 1. The molecule has 0 aromatic heterocycles. The van der Waals surface area contributed by atoms with Crippen molar-refractivity contribution in [1.29, 1.82) is 0 Å². The Balaban J connectivity index is 0.00000423. The molecule has 232 valence electrons. The lowest BCUT2D eigenvalue weighted by molar-refractivity contribution is -0.247. The largest absolute Gasteiger partial charge is 0.507 e. The third-order valence-electron chi connectivity index (χ3n) is 8.07. The number of hydrogen-bond donors (Lipinski definition) is 5. The molecule has 3 aliphatic rings. The monoisotopic (exact) mass is 637 g/mol. The van der Waals surface area contributed by atoms with Gasteiger partial charge < -0.3 is 40.4 Å². The molecule has 2 aliphatic carbocycles. The van der Waals surface area contributed by atoms with Crippen molar-refractivity contribution >= 4 is 46.6 Å². The first-order chi connectivity index (χ1) is 19.8. The number of Topliss-reactive ketones (excluding diaryl/α,β-unsaturated/α-hetero) is 1. The number of ketones is 3. The van der Waals surface area contributed by atoms with E-state index in [-0.39, 0.29) is 57.7 Å². The standard InChI is InChI=1S/C29H31NO11S.ClH/c1-11-24(33)15(30)7-19(40-11)41-17-9-29(38,18(32)10-42-12(2)31)8-14-21(17)28(37)23-22(26(14)35)25(34)13-5-4-6-16(39-3)20(13)27(23)36;/h4-6,11,15,17,19,24,33,35,37-38H,7-10,30H2,1-3H3;1H. The molecule has 0 spiro atoms. The number of carbonyl (C=O) groups is 4. The molecule has 43 heavy (non-hydrogen) atoms. The van der Waals surface area contributed by atoms with Gasteiger partial charge in [-0.05, 0) is 13.0 Å². The highest BCUT2D eigenvalue weighted by atomic mass is 35.5. The summed E-state index contributed by atoms with van der Waals surface area (Å²) in [6, 6.07) is 3.65. The SMILES string of the molecule is COc1cccc2c1C(=O)c1c(O)c3c(c(O)c1C2=O)CC(O)(C(=O)CSC(C)=O)CC3OC1CC(N)C(O)C(C)O1.Cl. The number of aliphatic hydroxyl groups is 2. The summed E-state index contributed by atoms with van der Waals surface area (Å²) in [5.41, 5.74) is 2.54. The molecule has 0 amide bonds. The molecule has 1 saturated heterocycles. The van der Waals surface area contributed by atoms with Crippen molar-refractivity contribution in [2.24, 2.45) is 5.73 Å². The van der Waals surface area contributed by atoms with Crippen LogP contribution >= 0.6 is 24.2 Å². The summed E-state index contributed by atoms with van der Waals surface area (Å²) >= 11 is 0.696. The lowest BCUT2D eigenvalue weighted by atomic mass is 9.72. The fourth-order valence-corrected chi connectivity index (χ4v) is 6.51. The summed E-state index contributed by atoms with van der Waals surface area (Å²) in [6.45, 7) is 2.86. The summed E-state index contributed by atoms with van der Waals surface area (Å²) in [7, 11) is 1.33. The van der Waals surface area contributed by atoms with E-state index < -0.39 is 89.1 Å². The van der Waals surface area contributed by atoms with Crippen LogP contribution in [0.2, 0.25) is 0 Å². The number of aromatic hydroxyl groups is 2. The van der Waals surface area contributed by atoms with Gasteiger partial charge in [-0.2, -0.15) is 0 Å². The van der Waals surface area contributed by atoms with E-state index in [9.17, 15) is 39.6 Å². The maximum absolute atomic E-state index is 13.7. The Morgan fingerprint density at radius 2 is 1.81 bits per heavy atom. The number of rotatable bonds is 6. The van der Waals surface area contributed by atoms with Crippen LogP contribution in [0.15, 0.2) is 18.2 Å². The molecule has 1 fully saturated rings. The molecule has 0 radical (unpaired) electrons. The minimum atomic E-state index is -2.18. The third-order valence-corrected chi connectivity index (χ3v) is 8.88. The average Bonchev–Trinajstić information content (AvgIpc) is 2.94. The van der Waals surface area contributed by atoms with Crippen LogP contribution in [0.25, 0.3) is 0 Å². The van der Waals surface area contributed by atoms with E-state index in [1.165, 1.54) is 32.2 Å². The van der Waals surface area contributed by atoms with Crippen molar-refractivity contribution < 1.29 is 53.8 Å². The summed E-state index contributed by atoms with van der Waals surface area (Å²) in [5.74, 6) is -3.88. The molecular weight excluding hydrogens is 606 g/mol. The highest BCUT2D eigenvalue weighted by Gasteiger charge is 2.50. The lowest BCUT2D eigenvalue weighted by Crippen LogP contribution is -2.53. The molecule has 2 aromatic rings. The van der Waals surface area contributed by atoms with Crippen LogP contribution < -0.4 is 10.5 Å². The van der Waals surface area contributed by atoms with E-state index in [0.717, 1.165) is 0 Å². The molecule has 1 heterocycles. The van der Waals surface area contributed by atoms with Gasteiger partial charge in [0.15, 0.2) is 23.0 Å². The number of benzene rings is 2. The molecule has 0 bridgehead atoms. The molecular formula is C29H32ClNO11S. The van der Waals surface area contributed by atoms with Crippen LogP contribution in [0.4, 0.5) is 0 Å². The Morgan fingerprint density at radius 1 is 1.14 bits per heavy atom. The highest BCUT2D eigenvalue weighted by Crippen LogP contribution is 2.52. The van der Waals surface area contributed by atoms with Crippen molar-refractivity contribution in [3.8, 4) is 17.2 Å². The van der Waals surface area contributed by atoms with E-state index in [2.05, 4.69) is 0 Å². The highest BCUT2D eigenvalue weighted by molar-refractivity contribution is 8.14. The molecule has 6 atom stereocenters. The predicted molar refractivity (Wildman–Crippen MR) is 155 cm³/mol. The Morgan fingerprint density at radius 3 is 2.44 bits per heavy atom. The maximum atomic E-state index is 13.7. The third kappa shape index (κ3) is 5.55. The number of fused-ring (bicyclic) bond motifs is 3. The normalized spacial score (nSPS) is 27.8. The number of halogens is 1. The van der Waals surface area contributed by atoms with Crippen LogP contribution in [0.3, 0.4) is 0 Å².